The summed E-state index contributed by atoms with van der Waals surface area (Å²) in [5.74, 6) is 0.341. The van der Waals surface area contributed by atoms with Gasteiger partial charge in [-0.2, -0.15) is 0 Å². The van der Waals surface area contributed by atoms with Gasteiger partial charge < -0.3 is 5.11 Å². The maximum absolute atomic E-state index is 9.48. The van der Waals surface area contributed by atoms with Gasteiger partial charge in [0.25, 0.3) is 0 Å². The molecule has 2 aromatic carbocycles. The van der Waals surface area contributed by atoms with Crippen LogP contribution in [0.4, 0.5) is 0 Å². The Hall–Kier alpha value is -1.47. The summed E-state index contributed by atoms with van der Waals surface area (Å²) in [6.07, 6.45) is 0.855. The summed E-state index contributed by atoms with van der Waals surface area (Å²) >= 11 is 6.06. The molecule has 0 atom stereocenters. The van der Waals surface area contributed by atoms with Gasteiger partial charge >= 0.3 is 0 Å². The first-order valence-electron chi connectivity index (χ1n) is 6.05. The van der Waals surface area contributed by atoms with E-state index in [1.807, 2.05) is 57.2 Å². The van der Waals surface area contributed by atoms with Gasteiger partial charge in [0.1, 0.15) is 5.75 Å². The highest BCUT2D eigenvalue weighted by Gasteiger charge is 2.08. The lowest BCUT2D eigenvalue weighted by Gasteiger charge is -2.09. The number of phenols is 1. The molecule has 0 aliphatic heterocycles. The highest BCUT2D eigenvalue weighted by molar-refractivity contribution is 6.32. The Morgan fingerprint density at radius 3 is 1.78 bits per heavy atom. The second kappa shape index (κ2) is 7.07. The number of hydrogen-bond donors (Lipinski definition) is 1. The molecule has 0 heterocycles. The second-order valence-electron chi connectivity index (χ2n) is 4.13. The minimum Gasteiger partial charge on any atom is -0.508 e. The molecule has 0 saturated carbocycles. The third-order valence-electron chi connectivity index (χ3n) is 2.92. The standard InChI is InChI=1S/C10H13ClO.C6H6/c1-4-8-5-9(12)6(2)7(3)10(8)11;1-2-4-6-5-3-1/h5,12H,4H2,1-3H3;1-6H. The fourth-order valence-electron chi connectivity index (χ4n) is 1.58. The molecule has 0 fully saturated rings. The van der Waals surface area contributed by atoms with Crippen molar-refractivity contribution in [1.29, 1.82) is 0 Å². The predicted octanol–water partition coefficient (Wildman–Crippen LogP) is 4.91. The van der Waals surface area contributed by atoms with Crippen LogP contribution >= 0.6 is 11.6 Å². The van der Waals surface area contributed by atoms with Crippen LogP contribution in [-0.4, -0.2) is 5.11 Å². The van der Waals surface area contributed by atoms with Gasteiger partial charge in [-0.25, -0.2) is 0 Å². The smallest absolute Gasteiger partial charge is 0.119 e. The van der Waals surface area contributed by atoms with E-state index in [9.17, 15) is 5.11 Å². The molecular formula is C16H19ClO. The van der Waals surface area contributed by atoms with Crippen molar-refractivity contribution in [2.24, 2.45) is 0 Å². The molecule has 0 bridgehead atoms. The molecule has 0 spiro atoms. The first-order valence-corrected chi connectivity index (χ1v) is 6.43. The summed E-state index contributed by atoms with van der Waals surface area (Å²) in [6.45, 7) is 5.82. The third-order valence-corrected chi connectivity index (χ3v) is 3.44. The highest BCUT2D eigenvalue weighted by atomic mass is 35.5. The zero-order valence-corrected chi connectivity index (χ0v) is 11.8. The van der Waals surface area contributed by atoms with Gasteiger partial charge in [-0.15, -0.1) is 0 Å². The molecule has 0 unspecified atom stereocenters. The summed E-state index contributed by atoms with van der Waals surface area (Å²) in [5.41, 5.74) is 2.86. The van der Waals surface area contributed by atoms with E-state index in [4.69, 9.17) is 11.6 Å². The lowest BCUT2D eigenvalue weighted by atomic mass is 10.0. The van der Waals surface area contributed by atoms with Crippen LogP contribution in [-0.2, 0) is 6.42 Å². The first-order chi connectivity index (χ1) is 8.57. The molecule has 2 rings (SSSR count). The molecule has 2 heteroatoms. The summed E-state index contributed by atoms with van der Waals surface area (Å²) in [4.78, 5) is 0. The molecular weight excluding hydrogens is 244 g/mol. The molecule has 0 aliphatic carbocycles. The van der Waals surface area contributed by atoms with E-state index in [0.29, 0.717) is 5.75 Å². The van der Waals surface area contributed by atoms with E-state index >= 15 is 0 Å². The average Bonchev–Trinajstić information content (AvgIpc) is 2.43. The Bertz CT molecular complexity index is 465. The van der Waals surface area contributed by atoms with Crippen LogP contribution in [0.3, 0.4) is 0 Å². The molecule has 96 valence electrons. The Kier molecular flexibility index (Phi) is 5.73. The Morgan fingerprint density at radius 1 is 0.944 bits per heavy atom. The van der Waals surface area contributed by atoms with Crippen LogP contribution in [0, 0.1) is 13.8 Å². The van der Waals surface area contributed by atoms with Crippen molar-refractivity contribution in [3.05, 3.63) is 64.2 Å². The van der Waals surface area contributed by atoms with Gasteiger partial charge in [0.05, 0.1) is 0 Å². The molecule has 0 amide bonds. The van der Waals surface area contributed by atoms with E-state index in [1.165, 1.54) is 0 Å². The number of halogens is 1. The van der Waals surface area contributed by atoms with Crippen LogP contribution in [0.5, 0.6) is 5.75 Å². The summed E-state index contributed by atoms with van der Waals surface area (Å²) in [6, 6.07) is 13.7. The fourth-order valence-corrected chi connectivity index (χ4v) is 1.91. The van der Waals surface area contributed by atoms with E-state index in [0.717, 1.165) is 28.1 Å². The quantitative estimate of drug-likeness (QED) is 0.774. The Morgan fingerprint density at radius 2 is 1.39 bits per heavy atom. The van der Waals surface area contributed by atoms with Crippen molar-refractivity contribution >= 4 is 11.6 Å². The summed E-state index contributed by atoms with van der Waals surface area (Å²) in [5, 5.41) is 10.3. The lowest BCUT2D eigenvalue weighted by Crippen LogP contribution is -1.90. The van der Waals surface area contributed by atoms with Crippen molar-refractivity contribution in [3.63, 3.8) is 0 Å². The van der Waals surface area contributed by atoms with E-state index in [1.54, 1.807) is 6.07 Å². The number of aryl methyl sites for hydroxylation is 1. The van der Waals surface area contributed by atoms with Crippen molar-refractivity contribution in [2.45, 2.75) is 27.2 Å². The lowest BCUT2D eigenvalue weighted by molar-refractivity contribution is 0.470. The van der Waals surface area contributed by atoms with Gasteiger partial charge in [-0.3, -0.25) is 0 Å². The number of phenolic OH excluding ortho intramolecular Hbond substituents is 1. The number of aromatic hydroxyl groups is 1. The molecule has 2 aromatic rings. The van der Waals surface area contributed by atoms with E-state index in [-0.39, 0.29) is 0 Å². The minimum absolute atomic E-state index is 0.341. The zero-order valence-electron chi connectivity index (χ0n) is 11.1. The third kappa shape index (κ3) is 3.78. The molecule has 1 nitrogen and oxygen atoms in total. The highest BCUT2D eigenvalue weighted by Crippen LogP contribution is 2.30. The molecule has 1 N–H and O–H groups in total. The molecule has 0 aromatic heterocycles. The summed E-state index contributed by atoms with van der Waals surface area (Å²) in [7, 11) is 0. The van der Waals surface area contributed by atoms with Gasteiger partial charge in [-0.05, 0) is 43.0 Å². The van der Waals surface area contributed by atoms with Crippen molar-refractivity contribution in [1.82, 2.24) is 0 Å². The van der Waals surface area contributed by atoms with Crippen molar-refractivity contribution < 1.29 is 5.11 Å². The van der Waals surface area contributed by atoms with Crippen LogP contribution < -0.4 is 0 Å². The fraction of sp³-hybridized carbons (Fsp3) is 0.250. The maximum atomic E-state index is 9.48. The Labute approximate surface area is 114 Å². The monoisotopic (exact) mass is 262 g/mol. The van der Waals surface area contributed by atoms with Crippen LogP contribution in [0.25, 0.3) is 0 Å². The average molecular weight is 263 g/mol. The zero-order chi connectivity index (χ0) is 13.5. The minimum atomic E-state index is 0.341. The predicted molar refractivity (Wildman–Crippen MR) is 78.4 cm³/mol. The van der Waals surface area contributed by atoms with Crippen LogP contribution in [0.15, 0.2) is 42.5 Å². The van der Waals surface area contributed by atoms with Crippen LogP contribution in [0.2, 0.25) is 5.02 Å². The molecule has 0 saturated heterocycles. The second-order valence-corrected chi connectivity index (χ2v) is 4.51. The Balaban J connectivity index is 0.000000225. The van der Waals surface area contributed by atoms with Crippen molar-refractivity contribution in [2.75, 3.05) is 0 Å². The number of hydrogen-bond acceptors (Lipinski definition) is 1. The van der Waals surface area contributed by atoms with Gasteiger partial charge in [0.15, 0.2) is 0 Å². The van der Waals surface area contributed by atoms with Gasteiger partial charge in [0.2, 0.25) is 0 Å². The number of rotatable bonds is 1. The van der Waals surface area contributed by atoms with E-state index in [2.05, 4.69) is 0 Å². The first kappa shape index (κ1) is 14.6. The maximum Gasteiger partial charge on any atom is 0.119 e. The van der Waals surface area contributed by atoms with Gasteiger partial charge in [0, 0.05) is 5.02 Å². The SMILES string of the molecule is CCc1cc(O)c(C)c(C)c1Cl.c1ccccc1. The normalized spacial score (nSPS) is 9.56. The summed E-state index contributed by atoms with van der Waals surface area (Å²) < 4.78 is 0. The van der Waals surface area contributed by atoms with Crippen LogP contribution in [0.1, 0.15) is 23.6 Å². The molecule has 18 heavy (non-hydrogen) atoms. The molecule has 0 radical (unpaired) electrons. The molecule has 0 aliphatic rings. The largest absolute Gasteiger partial charge is 0.508 e. The topological polar surface area (TPSA) is 20.2 Å². The van der Waals surface area contributed by atoms with Gasteiger partial charge in [-0.1, -0.05) is 54.9 Å². The van der Waals surface area contributed by atoms with E-state index < -0.39 is 0 Å². The van der Waals surface area contributed by atoms with Crippen molar-refractivity contribution in [3.8, 4) is 5.75 Å². The number of benzene rings is 2.